The Balaban J connectivity index is 1.63. The summed E-state index contributed by atoms with van der Waals surface area (Å²) in [6, 6.07) is 10.3. The number of nitrogens with zero attached hydrogens (tertiary/aromatic N) is 2. The van der Waals surface area contributed by atoms with Crippen LogP contribution in [0.5, 0.6) is 5.75 Å². The highest BCUT2D eigenvalue weighted by atomic mass is 32.2. The van der Waals surface area contributed by atoms with Gasteiger partial charge in [-0.15, -0.1) is 0 Å². The Morgan fingerprint density at radius 3 is 2.72 bits per heavy atom. The molecular weight excluding hydrogens is 414 g/mol. The van der Waals surface area contributed by atoms with Crippen molar-refractivity contribution in [3.63, 3.8) is 0 Å². The van der Waals surface area contributed by atoms with E-state index >= 15 is 0 Å². The quantitative estimate of drug-likeness (QED) is 0.682. The summed E-state index contributed by atoms with van der Waals surface area (Å²) in [6.07, 6.45) is 0.0894. The van der Waals surface area contributed by atoms with Gasteiger partial charge in [0.05, 0.1) is 28.7 Å². The molecule has 1 atom stereocenters. The molecule has 1 aromatic heterocycles. The van der Waals surface area contributed by atoms with Gasteiger partial charge in [0.25, 0.3) is 5.91 Å². The van der Waals surface area contributed by atoms with Gasteiger partial charge < -0.3 is 14.6 Å². The Morgan fingerprint density at radius 2 is 2.00 bits per heavy atom. The molecule has 10 heteroatoms. The van der Waals surface area contributed by atoms with Gasteiger partial charge in [-0.25, -0.2) is 8.42 Å². The summed E-state index contributed by atoms with van der Waals surface area (Å²) in [5, 5.41) is 2.76. The van der Waals surface area contributed by atoms with Crippen LogP contribution in [0.2, 0.25) is 0 Å². The standard InChI is InChI=1S/C19H19N3O5S2/c1-11-4-6-13-15(8-11)27-16(10-22(13)29(3,25)26)18(23)20-12-5-7-14-17(9-12)28-19(24)21(14)2/h4-9,16H,10H2,1-3H3,(H,20,23). The molecule has 1 N–H and O–H groups in total. The number of sulfonamides is 1. The summed E-state index contributed by atoms with van der Waals surface area (Å²) in [4.78, 5) is 24.5. The zero-order valence-electron chi connectivity index (χ0n) is 16.0. The second-order valence-electron chi connectivity index (χ2n) is 6.97. The number of thiazole rings is 1. The van der Waals surface area contributed by atoms with E-state index in [0.717, 1.165) is 33.4 Å². The molecule has 0 bridgehead atoms. The van der Waals surface area contributed by atoms with Crippen LogP contribution in [0, 0.1) is 6.92 Å². The number of rotatable bonds is 3. The number of benzene rings is 2. The minimum atomic E-state index is -3.58. The van der Waals surface area contributed by atoms with Gasteiger partial charge >= 0.3 is 4.87 Å². The van der Waals surface area contributed by atoms with E-state index in [9.17, 15) is 18.0 Å². The second-order valence-corrected chi connectivity index (χ2v) is 9.87. The Labute approximate surface area is 171 Å². The molecule has 0 spiro atoms. The first-order valence-corrected chi connectivity index (χ1v) is 11.5. The number of ether oxygens (including phenoxy) is 1. The molecule has 3 aromatic rings. The van der Waals surface area contributed by atoms with Gasteiger partial charge in [-0.1, -0.05) is 17.4 Å². The van der Waals surface area contributed by atoms with Gasteiger partial charge in [-0.2, -0.15) is 0 Å². The van der Waals surface area contributed by atoms with Gasteiger partial charge in [0.2, 0.25) is 10.0 Å². The lowest BCUT2D eigenvalue weighted by Crippen LogP contribution is -2.48. The highest BCUT2D eigenvalue weighted by Gasteiger charge is 2.35. The van der Waals surface area contributed by atoms with Crippen molar-refractivity contribution in [2.45, 2.75) is 13.0 Å². The van der Waals surface area contributed by atoms with Crippen LogP contribution < -0.4 is 19.2 Å². The van der Waals surface area contributed by atoms with Crippen molar-refractivity contribution in [2.24, 2.45) is 7.05 Å². The molecule has 1 unspecified atom stereocenters. The summed E-state index contributed by atoms with van der Waals surface area (Å²) in [5.74, 6) is -0.119. The highest BCUT2D eigenvalue weighted by molar-refractivity contribution is 7.92. The van der Waals surface area contributed by atoms with E-state index in [1.165, 1.54) is 4.31 Å². The smallest absolute Gasteiger partial charge is 0.307 e. The SMILES string of the molecule is Cc1ccc2c(c1)OC(C(=O)Nc1ccc3c(c1)sc(=O)n3C)CN2S(C)(=O)=O. The van der Waals surface area contributed by atoms with E-state index < -0.39 is 22.0 Å². The minimum Gasteiger partial charge on any atom is -0.476 e. The van der Waals surface area contributed by atoms with Gasteiger partial charge in [0, 0.05) is 12.7 Å². The molecular formula is C19H19N3O5S2. The Kier molecular flexibility index (Phi) is 4.62. The summed E-state index contributed by atoms with van der Waals surface area (Å²) in [6.45, 7) is 1.74. The largest absolute Gasteiger partial charge is 0.476 e. The number of aryl methyl sites for hydroxylation is 2. The predicted molar refractivity (Wildman–Crippen MR) is 113 cm³/mol. The maximum absolute atomic E-state index is 12.8. The normalized spacial score (nSPS) is 16.4. The second kappa shape index (κ2) is 6.89. The van der Waals surface area contributed by atoms with Gasteiger partial charge in [0.1, 0.15) is 5.75 Å². The number of carbonyl (C=O) groups is 1. The van der Waals surface area contributed by atoms with Crippen molar-refractivity contribution < 1.29 is 17.9 Å². The molecule has 2 aromatic carbocycles. The van der Waals surface area contributed by atoms with Gasteiger partial charge in [0.15, 0.2) is 6.10 Å². The van der Waals surface area contributed by atoms with E-state index in [1.807, 2.05) is 6.92 Å². The first-order valence-electron chi connectivity index (χ1n) is 8.79. The summed E-state index contributed by atoms with van der Waals surface area (Å²) in [5.41, 5.74) is 2.59. The average molecular weight is 434 g/mol. The molecule has 152 valence electrons. The van der Waals surface area contributed by atoms with Gasteiger partial charge in [-0.05, 0) is 42.8 Å². The van der Waals surface area contributed by atoms with Crippen molar-refractivity contribution in [3.05, 3.63) is 51.6 Å². The van der Waals surface area contributed by atoms with Crippen LogP contribution in [0.15, 0.2) is 41.2 Å². The third-order valence-electron chi connectivity index (χ3n) is 4.74. The predicted octanol–water partition coefficient (Wildman–Crippen LogP) is 2.07. The van der Waals surface area contributed by atoms with E-state index in [2.05, 4.69) is 5.32 Å². The van der Waals surface area contributed by atoms with Crippen LogP contribution in [0.4, 0.5) is 11.4 Å². The first-order chi connectivity index (χ1) is 13.6. The fourth-order valence-corrected chi connectivity index (χ4v) is 5.08. The summed E-state index contributed by atoms with van der Waals surface area (Å²) < 4.78 is 33.8. The molecule has 29 heavy (non-hydrogen) atoms. The molecule has 0 radical (unpaired) electrons. The number of amides is 1. The molecule has 0 fully saturated rings. The van der Waals surface area contributed by atoms with Crippen LogP contribution >= 0.6 is 11.3 Å². The van der Waals surface area contributed by atoms with E-state index in [4.69, 9.17) is 4.74 Å². The molecule has 0 aliphatic carbocycles. The van der Waals surface area contributed by atoms with Gasteiger partial charge in [-0.3, -0.25) is 13.9 Å². The average Bonchev–Trinajstić information content (AvgIpc) is 2.93. The third-order valence-corrected chi connectivity index (χ3v) is 6.88. The monoisotopic (exact) mass is 433 g/mol. The van der Waals surface area contributed by atoms with E-state index in [0.29, 0.717) is 17.1 Å². The van der Waals surface area contributed by atoms with Crippen molar-refractivity contribution in [1.82, 2.24) is 4.57 Å². The molecule has 0 saturated heterocycles. The van der Waals surface area contributed by atoms with Crippen LogP contribution in [0.1, 0.15) is 5.56 Å². The number of fused-ring (bicyclic) bond motifs is 2. The van der Waals surface area contributed by atoms with E-state index in [-0.39, 0.29) is 11.4 Å². The summed E-state index contributed by atoms with van der Waals surface area (Å²) >= 11 is 1.09. The lowest BCUT2D eigenvalue weighted by Gasteiger charge is -2.34. The zero-order chi connectivity index (χ0) is 20.9. The number of nitrogens with one attached hydrogen (secondary N) is 1. The maximum atomic E-state index is 12.8. The van der Waals surface area contributed by atoms with Crippen molar-refractivity contribution in [3.8, 4) is 5.75 Å². The topological polar surface area (TPSA) is 97.7 Å². The van der Waals surface area contributed by atoms with E-state index in [1.54, 1.807) is 48.0 Å². The molecule has 2 heterocycles. The Hall–Kier alpha value is -2.85. The van der Waals surface area contributed by atoms with Crippen molar-refractivity contribution in [2.75, 3.05) is 22.4 Å². The number of aromatic nitrogens is 1. The van der Waals surface area contributed by atoms with Crippen molar-refractivity contribution >= 4 is 48.9 Å². The first kappa shape index (κ1) is 19.5. The van der Waals surface area contributed by atoms with Crippen molar-refractivity contribution in [1.29, 1.82) is 0 Å². The Morgan fingerprint density at radius 1 is 1.24 bits per heavy atom. The number of hydrogen-bond donors (Lipinski definition) is 1. The number of hydrogen-bond acceptors (Lipinski definition) is 6. The maximum Gasteiger partial charge on any atom is 0.307 e. The molecule has 4 rings (SSSR count). The fraction of sp³-hybridized carbons (Fsp3) is 0.263. The zero-order valence-corrected chi connectivity index (χ0v) is 17.6. The van der Waals surface area contributed by atoms with Crippen LogP contribution in [0.25, 0.3) is 10.2 Å². The highest BCUT2D eigenvalue weighted by Crippen LogP contribution is 2.36. The Bertz CT molecular complexity index is 1290. The summed E-state index contributed by atoms with van der Waals surface area (Å²) in [7, 11) is -1.90. The lowest BCUT2D eigenvalue weighted by atomic mass is 10.1. The van der Waals surface area contributed by atoms with Crippen LogP contribution in [-0.2, 0) is 21.9 Å². The molecule has 1 aliphatic heterocycles. The number of anilines is 2. The molecule has 0 saturated carbocycles. The molecule has 1 aliphatic rings. The minimum absolute atomic E-state index is 0.0881. The van der Waals surface area contributed by atoms with Crippen LogP contribution in [0.3, 0.4) is 0 Å². The lowest BCUT2D eigenvalue weighted by molar-refractivity contribution is -0.122. The van der Waals surface area contributed by atoms with Crippen LogP contribution in [-0.4, -0.2) is 37.8 Å². The third kappa shape index (κ3) is 3.60. The number of carbonyl (C=O) groups excluding carboxylic acids is 1. The molecule has 8 nitrogen and oxygen atoms in total. The fourth-order valence-electron chi connectivity index (χ4n) is 3.25. The molecule has 1 amide bonds.